The van der Waals surface area contributed by atoms with Gasteiger partial charge in [0.1, 0.15) is 5.75 Å². The molecule has 0 aliphatic carbocycles. The molecule has 1 saturated heterocycles. The number of rotatable bonds is 4. The van der Waals surface area contributed by atoms with Gasteiger partial charge in [-0.2, -0.15) is 0 Å². The standard InChI is InChI=1S/C18H21ClN2O2/c1-20(2)17(22)12-23-16-11-15(21-9-5-6-10-21)13-7-3-4-8-14(13)18(16)19/h3-4,7-8,11H,5-6,9-10,12H2,1-2H3. The van der Waals surface area contributed by atoms with Crippen molar-refractivity contribution in [2.75, 3.05) is 38.7 Å². The zero-order valence-corrected chi connectivity index (χ0v) is 14.3. The van der Waals surface area contributed by atoms with Gasteiger partial charge in [0.05, 0.1) is 5.02 Å². The molecule has 1 aliphatic rings. The van der Waals surface area contributed by atoms with Crippen LogP contribution in [0.5, 0.6) is 5.75 Å². The van der Waals surface area contributed by atoms with Gasteiger partial charge in [-0.25, -0.2) is 0 Å². The molecule has 1 heterocycles. The molecule has 1 fully saturated rings. The molecule has 3 rings (SSSR count). The Hall–Kier alpha value is -1.94. The molecule has 0 saturated carbocycles. The van der Waals surface area contributed by atoms with Crippen molar-refractivity contribution in [1.29, 1.82) is 0 Å². The summed E-state index contributed by atoms with van der Waals surface area (Å²) in [6.45, 7) is 2.08. The summed E-state index contributed by atoms with van der Waals surface area (Å²) in [7, 11) is 3.42. The lowest BCUT2D eigenvalue weighted by atomic mass is 10.1. The van der Waals surface area contributed by atoms with E-state index in [9.17, 15) is 4.79 Å². The third kappa shape index (κ3) is 3.22. The quantitative estimate of drug-likeness (QED) is 0.858. The number of fused-ring (bicyclic) bond motifs is 1. The maximum Gasteiger partial charge on any atom is 0.259 e. The molecule has 0 aromatic heterocycles. The average molecular weight is 333 g/mol. The first kappa shape index (κ1) is 15.9. The number of anilines is 1. The third-order valence-electron chi connectivity index (χ3n) is 4.22. The van der Waals surface area contributed by atoms with Gasteiger partial charge in [0.2, 0.25) is 0 Å². The van der Waals surface area contributed by atoms with E-state index in [1.807, 2.05) is 24.3 Å². The number of likely N-dealkylation sites (N-methyl/N-ethyl adjacent to an activating group) is 1. The summed E-state index contributed by atoms with van der Waals surface area (Å²) in [5.74, 6) is 0.486. The van der Waals surface area contributed by atoms with Crippen LogP contribution in [0, 0.1) is 0 Å². The predicted octanol–water partition coefficient (Wildman–Crippen LogP) is 3.56. The molecule has 0 atom stereocenters. The van der Waals surface area contributed by atoms with Gasteiger partial charge in [0, 0.05) is 49.7 Å². The lowest BCUT2D eigenvalue weighted by Gasteiger charge is -2.22. The van der Waals surface area contributed by atoms with Crippen molar-refractivity contribution < 1.29 is 9.53 Å². The van der Waals surface area contributed by atoms with E-state index in [1.54, 1.807) is 14.1 Å². The topological polar surface area (TPSA) is 32.8 Å². The maximum absolute atomic E-state index is 11.8. The van der Waals surface area contributed by atoms with Gasteiger partial charge >= 0.3 is 0 Å². The largest absolute Gasteiger partial charge is 0.482 e. The van der Waals surface area contributed by atoms with Gasteiger partial charge in [-0.1, -0.05) is 35.9 Å². The van der Waals surface area contributed by atoms with Crippen molar-refractivity contribution >= 4 is 34.0 Å². The normalized spacial score (nSPS) is 14.3. The summed E-state index contributed by atoms with van der Waals surface area (Å²) < 4.78 is 5.72. The SMILES string of the molecule is CN(C)C(=O)COc1cc(N2CCCC2)c2ccccc2c1Cl. The second-order valence-corrected chi connectivity index (χ2v) is 6.40. The average Bonchev–Trinajstić information content (AvgIpc) is 3.08. The van der Waals surface area contributed by atoms with E-state index in [1.165, 1.54) is 17.7 Å². The second-order valence-electron chi connectivity index (χ2n) is 6.02. The van der Waals surface area contributed by atoms with Gasteiger partial charge < -0.3 is 14.5 Å². The summed E-state index contributed by atoms with van der Waals surface area (Å²) in [5.41, 5.74) is 1.13. The fourth-order valence-electron chi connectivity index (χ4n) is 2.89. The number of amides is 1. The second kappa shape index (κ2) is 6.67. The molecule has 0 bridgehead atoms. The molecule has 4 nitrogen and oxygen atoms in total. The Kier molecular flexibility index (Phi) is 4.62. The molecule has 0 spiro atoms. The minimum Gasteiger partial charge on any atom is -0.482 e. The zero-order chi connectivity index (χ0) is 16.4. The number of nitrogens with zero attached hydrogens (tertiary/aromatic N) is 2. The van der Waals surface area contributed by atoms with Gasteiger partial charge in [0.15, 0.2) is 6.61 Å². The van der Waals surface area contributed by atoms with Crippen molar-refractivity contribution in [1.82, 2.24) is 4.90 Å². The van der Waals surface area contributed by atoms with Crippen LogP contribution in [0.25, 0.3) is 10.8 Å². The summed E-state index contributed by atoms with van der Waals surface area (Å²) in [6.07, 6.45) is 2.40. The van der Waals surface area contributed by atoms with E-state index in [2.05, 4.69) is 11.0 Å². The van der Waals surface area contributed by atoms with Gasteiger partial charge in [-0.3, -0.25) is 4.79 Å². The van der Waals surface area contributed by atoms with Crippen LogP contribution in [0.4, 0.5) is 5.69 Å². The van der Waals surface area contributed by atoms with Crippen LogP contribution in [0.1, 0.15) is 12.8 Å². The first-order chi connectivity index (χ1) is 11.1. The summed E-state index contributed by atoms with van der Waals surface area (Å²) in [4.78, 5) is 15.7. The van der Waals surface area contributed by atoms with E-state index in [0.717, 1.165) is 29.5 Å². The van der Waals surface area contributed by atoms with E-state index >= 15 is 0 Å². The Bertz CT molecular complexity index is 724. The number of carbonyl (C=O) groups excluding carboxylic acids is 1. The van der Waals surface area contributed by atoms with Gasteiger partial charge in [-0.05, 0) is 12.8 Å². The van der Waals surface area contributed by atoms with Crippen molar-refractivity contribution in [2.45, 2.75) is 12.8 Å². The Morgan fingerprint density at radius 1 is 1.22 bits per heavy atom. The fraction of sp³-hybridized carbons (Fsp3) is 0.389. The van der Waals surface area contributed by atoms with Crippen molar-refractivity contribution in [3.05, 3.63) is 35.4 Å². The fourth-order valence-corrected chi connectivity index (χ4v) is 3.16. The smallest absolute Gasteiger partial charge is 0.259 e. The number of hydrogen-bond donors (Lipinski definition) is 0. The molecule has 2 aromatic rings. The van der Waals surface area contributed by atoms with E-state index in [-0.39, 0.29) is 12.5 Å². The van der Waals surface area contributed by atoms with Gasteiger partial charge in [-0.15, -0.1) is 0 Å². The van der Waals surface area contributed by atoms with E-state index in [4.69, 9.17) is 16.3 Å². The number of hydrogen-bond acceptors (Lipinski definition) is 3. The molecule has 5 heteroatoms. The molecule has 0 radical (unpaired) electrons. The van der Waals surface area contributed by atoms with Gasteiger partial charge in [0.25, 0.3) is 5.91 Å². The minimum absolute atomic E-state index is 0.00942. The van der Waals surface area contributed by atoms with E-state index < -0.39 is 0 Å². The highest BCUT2D eigenvalue weighted by Crippen LogP contribution is 2.40. The molecular weight excluding hydrogens is 312 g/mol. The Labute approximate surface area is 141 Å². The molecular formula is C18H21ClN2O2. The first-order valence-corrected chi connectivity index (χ1v) is 8.25. The highest BCUT2D eigenvalue weighted by molar-refractivity contribution is 6.37. The predicted molar refractivity (Wildman–Crippen MR) is 94.6 cm³/mol. The van der Waals surface area contributed by atoms with Crippen LogP contribution >= 0.6 is 11.6 Å². The monoisotopic (exact) mass is 332 g/mol. The molecule has 1 amide bonds. The van der Waals surface area contributed by atoms with Crippen LogP contribution in [-0.2, 0) is 4.79 Å². The molecule has 0 unspecified atom stereocenters. The molecule has 122 valence electrons. The lowest BCUT2D eigenvalue weighted by molar-refractivity contribution is -0.130. The van der Waals surface area contributed by atoms with Crippen LogP contribution < -0.4 is 9.64 Å². The van der Waals surface area contributed by atoms with Crippen LogP contribution in [0.2, 0.25) is 5.02 Å². The van der Waals surface area contributed by atoms with Crippen molar-refractivity contribution in [2.24, 2.45) is 0 Å². The number of halogens is 1. The minimum atomic E-state index is -0.0862. The lowest BCUT2D eigenvalue weighted by Crippen LogP contribution is -2.27. The Balaban J connectivity index is 2.00. The molecule has 2 aromatic carbocycles. The zero-order valence-electron chi connectivity index (χ0n) is 13.5. The van der Waals surface area contributed by atoms with E-state index in [0.29, 0.717) is 10.8 Å². The van der Waals surface area contributed by atoms with Crippen molar-refractivity contribution in [3.8, 4) is 5.75 Å². The number of ether oxygens (including phenoxy) is 1. The van der Waals surface area contributed by atoms with Crippen molar-refractivity contribution in [3.63, 3.8) is 0 Å². The van der Waals surface area contributed by atoms with Crippen LogP contribution in [0.3, 0.4) is 0 Å². The third-order valence-corrected chi connectivity index (χ3v) is 4.61. The maximum atomic E-state index is 11.8. The molecule has 1 aliphatic heterocycles. The highest BCUT2D eigenvalue weighted by atomic mass is 35.5. The molecule has 0 N–H and O–H groups in total. The Morgan fingerprint density at radius 2 is 1.87 bits per heavy atom. The number of benzene rings is 2. The van der Waals surface area contributed by atoms with Crippen LogP contribution in [-0.4, -0.2) is 44.6 Å². The van der Waals surface area contributed by atoms with Crippen LogP contribution in [0.15, 0.2) is 30.3 Å². The number of carbonyl (C=O) groups is 1. The molecule has 23 heavy (non-hydrogen) atoms. The highest BCUT2D eigenvalue weighted by Gasteiger charge is 2.19. The summed E-state index contributed by atoms with van der Waals surface area (Å²) >= 11 is 6.51. The Morgan fingerprint density at radius 3 is 2.52 bits per heavy atom. The first-order valence-electron chi connectivity index (χ1n) is 7.87. The summed E-state index contributed by atoms with van der Waals surface area (Å²) in [5, 5.41) is 2.66. The summed E-state index contributed by atoms with van der Waals surface area (Å²) in [6, 6.07) is 10.0.